The quantitative estimate of drug-likeness (QED) is 0.596. The molecule has 1 saturated heterocycles. The third-order valence-corrected chi connectivity index (χ3v) is 7.26. The van der Waals surface area contributed by atoms with Crippen LogP contribution in [-0.2, 0) is 0 Å². The minimum Gasteiger partial charge on any atom is -0.306 e. The minimum absolute atomic E-state index is 0.653. The molecule has 0 atom stereocenters. The Kier molecular flexibility index (Phi) is 4.80. The first-order valence-electron chi connectivity index (χ1n) is 8.78. The zero-order valence-corrected chi connectivity index (χ0v) is 16.6. The summed E-state index contributed by atoms with van der Waals surface area (Å²) in [5.74, 6) is 0. The van der Waals surface area contributed by atoms with Gasteiger partial charge in [0.15, 0.2) is 0 Å². The largest absolute Gasteiger partial charge is 0.306 e. The number of nitrogens with zero attached hydrogens (tertiary/aromatic N) is 3. The van der Waals surface area contributed by atoms with Crippen LogP contribution in [-0.4, -0.2) is 40.3 Å². The number of hydrogen-bond acceptors (Lipinski definition) is 5. The Morgan fingerprint density at radius 3 is 2.52 bits per heavy atom. The molecule has 0 N–H and O–H groups in total. The van der Waals surface area contributed by atoms with Crippen molar-refractivity contribution in [2.45, 2.75) is 37.0 Å². The fourth-order valence-electron chi connectivity index (χ4n) is 3.44. The zero-order chi connectivity index (χ0) is 17.4. The molecular weight excluding hydrogens is 346 g/mol. The van der Waals surface area contributed by atoms with Gasteiger partial charge in [-0.15, -0.1) is 23.1 Å². The van der Waals surface area contributed by atoms with Crippen LogP contribution in [0.3, 0.4) is 0 Å². The van der Waals surface area contributed by atoms with Crippen LogP contribution in [0.25, 0.3) is 21.3 Å². The number of likely N-dealkylation sites (tertiary alicyclic amines) is 1. The molecule has 3 heterocycles. The van der Waals surface area contributed by atoms with Crippen molar-refractivity contribution in [2.75, 3.05) is 20.1 Å². The van der Waals surface area contributed by atoms with Gasteiger partial charge in [-0.05, 0) is 52.4 Å². The second kappa shape index (κ2) is 7.06. The zero-order valence-electron chi connectivity index (χ0n) is 15.0. The summed E-state index contributed by atoms with van der Waals surface area (Å²) in [5, 5.41) is 3.05. The highest BCUT2D eigenvalue weighted by molar-refractivity contribution is 8.00. The molecule has 1 aromatic carbocycles. The van der Waals surface area contributed by atoms with E-state index in [1.807, 2.05) is 11.8 Å². The van der Waals surface area contributed by atoms with Crippen LogP contribution in [0, 0.1) is 13.8 Å². The summed E-state index contributed by atoms with van der Waals surface area (Å²) in [4.78, 5) is 14.1. The van der Waals surface area contributed by atoms with Crippen molar-refractivity contribution in [2.24, 2.45) is 0 Å². The molecule has 0 amide bonds. The number of aromatic nitrogens is 2. The lowest BCUT2D eigenvalue weighted by molar-refractivity contribution is 0.282. The van der Waals surface area contributed by atoms with Gasteiger partial charge in [0.05, 0.1) is 5.39 Å². The van der Waals surface area contributed by atoms with Gasteiger partial charge in [0.25, 0.3) is 0 Å². The third kappa shape index (κ3) is 3.46. The summed E-state index contributed by atoms with van der Waals surface area (Å²) in [6.45, 7) is 6.69. The van der Waals surface area contributed by atoms with Crippen LogP contribution in [0.2, 0.25) is 0 Å². The van der Waals surface area contributed by atoms with Gasteiger partial charge in [0.2, 0.25) is 0 Å². The average Bonchev–Trinajstić information content (AvgIpc) is 2.95. The number of benzene rings is 1. The lowest BCUT2D eigenvalue weighted by atomic mass is 10.0. The van der Waals surface area contributed by atoms with E-state index in [4.69, 9.17) is 0 Å². The van der Waals surface area contributed by atoms with Gasteiger partial charge in [-0.3, -0.25) is 0 Å². The lowest BCUT2D eigenvalue weighted by Crippen LogP contribution is -2.31. The van der Waals surface area contributed by atoms with E-state index in [1.54, 1.807) is 17.7 Å². The van der Waals surface area contributed by atoms with E-state index >= 15 is 0 Å². The van der Waals surface area contributed by atoms with Gasteiger partial charge in [0.1, 0.15) is 16.2 Å². The topological polar surface area (TPSA) is 29.0 Å². The number of thiophene rings is 1. The molecule has 130 valence electrons. The second-order valence-electron chi connectivity index (χ2n) is 6.88. The van der Waals surface area contributed by atoms with Crippen LogP contribution in [0.1, 0.15) is 23.3 Å². The predicted molar refractivity (Wildman–Crippen MR) is 109 cm³/mol. The van der Waals surface area contributed by atoms with Crippen molar-refractivity contribution in [3.8, 4) is 11.1 Å². The molecular formula is C20H23N3S2. The second-order valence-corrected chi connectivity index (χ2v) is 9.37. The maximum Gasteiger partial charge on any atom is 0.128 e. The van der Waals surface area contributed by atoms with Crippen molar-refractivity contribution in [1.29, 1.82) is 0 Å². The van der Waals surface area contributed by atoms with Gasteiger partial charge >= 0.3 is 0 Å². The molecule has 3 nitrogen and oxygen atoms in total. The van der Waals surface area contributed by atoms with Gasteiger partial charge in [-0.2, -0.15) is 0 Å². The first kappa shape index (κ1) is 17.0. The monoisotopic (exact) mass is 369 g/mol. The van der Waals surface area contributed by atoms with Crippen LogP contribution in [0.15, 0.2) is 35.6 Å². The van der Waals surface area contributed by atoms with E-state index in [1.165, 1.54) is 52.9 Å². The molecule has 0 bridgehead atoms. The highest BCUT2D eigenvalue weighted by Crippen LogP contribution is 2.43. The van der Waals surface area contributed by atoms with E-state index < -0.39 is 0 Å². The van der Waals surface area contributed by atoms with Crippen molar-refractivity contribution >= 4 is 33.3 Å². The van der Waals surface area contributed by atoms with Gasteiger partial charge < -0.3 is 4.90 Å². The molecule has 25 heavy (non-hydrogen) atoms. The SMILES string of the molecule is Cc1ccc(-c2c(C)sc3ncnc(SC4CCN(C)CC4)c23)cc1. The van der Waals surface area contributed by atoms with E-state index in [0.717, 1.165) is 9.86 Å². The van der Waals surface area contributed by atoms with Gasteiger partial charge in [-0.25, -0.2) is 9.97 Å². The summed E-state index contributed by atoms with van der Waals surface area (Å²) in [7, 11) is 2.21. The Hall–Kier alpha value is -1.43. The molecule has 3 aromatic rings. The summed E-state index contributed by atoms with van der Waals surface area (Å²) in [5.41, 5.74) is 3.88. The third-order valence-electron chi connectivity index (χ3n) is 4.91. The number of rotatable bonds is 3. The Balaban J connectivity index is 1.76. The molecule has 0 saturated carbocycles. The minimum atomic E-state index is 0.653. The molecule has 1 aliphatic rings. The molecule has 5 heteroatoms. The average molecular weight is 370 g/mol. The summed E-state index contributed by atoms with van der Waals surface area (Å²) >= 11 is 3.73. The smallest absolute Gasteiger partial charge is 0.128 e. The lowest BCUT2D eigenvalue weighted by Gasteiger charge is -2.28. The van der Waals surface area contributed by atoms with Crippen molar-refractivity contribution in [1.82, 2.24) is 14.9 Å². The summed E-state index contributed by atoms with van der Waals surface area (Å²) < 4.78 is 0. The number of fused-ring (bicyclic) bond motifs is 1. The van der Waals surface area contributed by atoms with Crippen LogP contribution < -0.4 is 0 Å². The predicted octanol–water partition coefficient (Wildman–Crippen LogP) is 5.16. The molecule has 4 rings (SSSR count). The molecule has 0 aliphatic carbocycles. The fourth-order valence-corrected chi connectivity index (χ4v) is 5.70. The van der Waals surface area contributed by atoms with Crippen molar-refractivity contribution < 1.29 is 0 Å². The maximum absolute atomic E-state index is 4.68. The number of thioether (sulfide) groups is 1. The fraction of sp³-hybridized carbons (Fsp3) is 0.400. The van der Waals surface area contributed by atoms with Crippen molar-refractivity contribution in [3.63, 3.8) is 0 Å². The number of hydrogen-bond donors (Lipinski definition) is 0. The maximum atomic E-state index is 4.68. The number of aryl methyl sites for hydroxylation is 2. The van der Waals surface area contributed by atoms with E-state index in [0.29, 0.717) is 5.25 Å². The molecule has 1 aliphatic heterocycles. The van der Waals surface area contributed by atoms with E-state index in [-0.39, 0.29) is 0 Å². The molecule has 0 spiro atoms. The summed E-state index contributed by atoms with van der Waals surface area (Å²) in [6, 6.07) is 8.82. The first-order chi connectivity index (χ1) is 12.1. The Bertz CT molecular complexity index is 878. The van der Waals surface area contributed by atoms with E-state index in [2.05, 4.69) is 60.0 Å². The normalized spacial score (nSPS) is 16.6. The molecule has 2 aromatic heterocycles. The number of piperidine rings is 1. The van der Waals surface area contributed by atoms with Gasteiger partial charge in [-0.1, -0.05) is 29.8 Å². The standard InChI is InChI=1S/C20H23N3S2/c1-13-4-6-15(7-5-13)17-14(2)24-19-18(17)20(22-12-21-19)25-16-8-10-23(3)11-9-16/h4-7,12,16H,8-11H2,1-3H3. The Morgan fingerprint density at radius 2 is 1.80 bits per heavy atom. The Morgan fingerprint density at radius 1 is 1.08 bits per heavy atom. The Labute approximate surface area is 157 Å². The van der Waals surface area contributed by atoms with Crippen LogP contribution in [0.5, 0.6) is 0 Å². The molecule has 1 fully saturated rings. The van der Waals surface area contributed by atoms with Crippen LogP contribution >= 0.6 is 23.1 Å². The first-order valence-corrected chi connectivity index (χ1v) is 10.5. The van der Waals surface area contributed by atoms with E-state index in [9.17, 15) is 0 Å². The van der Waals surface area contributed by atoms with Gasteiger partial charge in [0, 0.05) is 15.7 Å². The highest BCUT2D eigenvalue weighted by Gasteiger charge is 2.22. The summed E-state index contributed by atoms with van der Waals surface area (Å²) in [6.07, 6.45) is 4.19. The van der Waals surface area contributed by atoms with Crippen molar-refractivity contribution in [3.05, 3.63) is 41.0 Å². The van der Waals surface area contributed by atoms with Crippen LogP contribution in [0.4, 0.5) is 0 Å². The highest BCUT2D eigenvalue weighted by atomic mass is 32.2. The molecule has 0 radical (unpaired) electrons. The molecule has 0 unspecified atom stereocenters.